The van der Waals surface area contributed by atoms with Crippen LogP contribution < -0.4 is 9.47 Å². The summed E-state index contributed by atoms with van der Waals surface area (Å²) in [5.41, 5.74) is 3.34. The monoisotopic (exact) mass is 467 g/mol. The molecule has 5 nitrogen and oxygen atoms in total. The molecule has 0 atom stereocenters. The van der Waals surface area contributed by atoms with Gasteiger partial charge in [0.15, 0.2) is 17.2 Å². The summed E-state index contributed by atoms with van der Waals surface area (Å²) >= 11 is 12.4. The molecule has 7 heteroatoms. The average Bonchev–Trinajstić information content (AvgIpc) is 3.15. The molecular weight excluding hydrogens is 449 g/mol. The highest BCUT2D eigenvalue weighted by Crippen LogP contribution is 2.31. The van der Waals surface area contributed by atoms with E-state index in [1.165, 1.54) is 0 Å². The van der Waals surface area contributed by atoms with Crippen LogP contribution in [0.1, 0.15) is 22.3 Å². The molecule has 0 saturated heterocycles. The van der Waals surface area contributed by atoms with Crippen LogP contribution in [0.25, 0.3) is 6.08 Å². The third-order valence-electron chi connectivity index (χ3n) is 4.87. The first-order chi connectivity index (χ1) is 15.4. The summed E-state index contributed by atoms with van der Waals surface area (Å²) in [6.45, 7) is 2.20. The molecule has 32 heavy (non-hydrogen) atoms. The number of hydrogen-bond acceptors (Lipinski definition) is 5. The Labute approximate surface area is 195 Å². The second-order valence-electron chi connectivity index (χ2n) is 7.09. The van der Waals surface area contributed by atoms with Crippen LogP contribution in [-0.4, -0.2) is 19.0 Å². The molecule has 1 aliphatic heterocycles. The fourth-order valence-corrected chi connectivity index (χ4v) is 3.45. The quantitative estimate of drug-likeness (QED) is 0.318. The molecule has 0 aromatic heterocycles. The van der Waals surface area contributed by atoms with Crippen LogP contribution in [0.3, 0.4) is 0 Å². The van der Waals surface area contributed by atoms with Crippen molar-refractivity contribution in [2.45, 2.75) is 13.5 Å². The summed E-state index contributed by atoms with van der Waals surface area (Å²) in [7, 11) is 1.55. The Bertz CT molecular complexity index is 1250. The fourth-order valence-electron chi connectivity index (χ4n) is 3.08. The predicted molar refractivity (Wildman–Crippen MR) is 126 cm³/mol. The van der Waals surface area contributed by atoms with E-state index < -0.39 is 5.97 Å². The Hall–Kier alpha value is -3.28. The molecule has 0 amide bonds. The van der Waals surface area contributed by atoms with Crippen LogP contribution in [0.4, 0.5) is 0 Å². The standard InChI is InChI=1S/C25H19Cl2NO4/c1-15-7-9-17(13-20(15)27)24-28-21(25(29)32-24)11-16-8-10-22(23(12-16)30-2)31-14-18-5-3-4-6-19(18)26/h3-13H,14H2,1-2H3/b21-11-. The number of benzene rings is 3. The number of aliphatic imine (C=N–C) groups is 1. The van der Waals surface area contributed by atoms with Crippen molar-refractivity contribution in [3.8, 4) is 11.5 Å². The van der Waals surface area contributed by atoms with Gasteiger partial charge in [-0.2, -0.15) is 0 Å². The third-order valence-corrected chi connectivity index (χ3v) is 5.65. The number of halogens is 2. The van der Waals surface area contributed by atoms with Gasteiger partial charge in [0, 0.05) is 21.2 Å². The zero-order chi connectivity index (χ0) is 22.7. The van der Waals surface area contributed by atoms with E-state index in [0.717, 1.165) is 11.1 Å². The van der Waals surface area contributed by atoms with Crippen LogP contribution in [0.2, 0.25) is 10.0 Å². The summed E-state index contributed by atoms with van der Waals surface area (Å²) in [4.78, 5) is 16.7. The molecule has 0 N–H and O–H groups in total. The van der Waals surface area contributed by atoms with Crippen molar-refractivity contribution in [2.24, 2.45) is 4.99 Å². The zero-order valence-electron chi connectivity index (χ0n) is 17.4. The highest BCUT2D eigenvalue weighted by molar-refractivity contribution is 6.32. The van der Waals surface area contributed by atoms with Crippen molar-refractivity contribution in [3.05, 3.63) is 98.7 Å². The van der Waals surface area contributed by atoms with Crippen molar-refractivity contribution < 1.29 is 19.0 Å². The lowest BCUT2D eigenvalue weighted by molar-refractivity contribution is -0.129. The molecule has 0 unspecified atom stereocenters. The third kappa shape index (κ3) is 4.79. The number of carbonyl (C=O) groups is 1. The van der Waals surface area contributed by atoms with Gasteiger partial charge in [0.25, 0.3) is 0 Å². The Kier molecular flexibility index (Phi) is 6.49. The minimum Gasteiger partial charge on any atom is -0.493 e. The van der Waals surface area contributed by atoms with Gasteiger partial charge in [0.1, 0.15) is 6.61 Å². The van der Waals surface area contributed by atoms with Gasteiger partial charge < -0.3 is 14.2 Å². The number of aryl methyl sites for hydroxylation is 1. The lowest BCUT2D eigenvalue weighted by Gasteiger charge is -2.12. The molecule has 0 radical (unpaired) electrons. The maximum absolute atomic E-state index is 12.3. The molecule has 0 aliphatic carbocycles. The number of ether oxygens (including phenoxy) is 3. The topological polar surface area (TPSA) is 57.1 Å². The normalized spacial score (nSPS) is 14.3. The van der Waals surface area contributed by atoms with E-state index in [-0.39, 0.29) is 11.6 Å². The lowest BCUT2D eigenvalue weighted by Crippen LogP contribution is -2.05. The van der Waals surface area contributed by atoms with Gasteiger partial charge in [-0.25, -0.2) is 9.79 Å². The average molecular weight is 468 g/mol. The van der Waals surface area contributed by atoms with E-state index in [2.05, 4.69) is 4.99 Å². The molecule has 3 aromatic rings. The van der Waals surface area contributed by atoms with Crippen LogP contribution in [0, 0.1) is 6.92 Å². The molecule has 0 saturated carbocycles. The number of carbonyl (C=O) groups excluding carboxylic acids is 1. The maximum atomic E-state index is 12.3. The molecule has 4 rings (SSSR count). The van der Waals surface area contributed by atoms with Crippen LogP contribution in [0.15, 0.2) is 71.4 Å². The van der Waals surface area contributed by atoms with Crippen molar-refractivity contribution in [1.82, 2.24) is 0 Å². The first-order valence-corrected chi connectivity index (χ1v) is 10.5. The molecule has 0 bridgehead atoms. The van der Waals surface area contributed by atoms with Gasteiger partial charge >= 0.3 is 5.97 Å². The van der Waals surface area contributed by atoms with E-state index in [9.17, 15) is 4.79 Å². The van der Waals surface area contributed by atoms with Crippen molar-refractivity contribution in [2.75, 3.05) is 7.11 Å². The second-order valence-corrected chi connectivity index (χ2v) is 7.90. The Morgan fingerprint density at radius 2 is 1.81 bits per heavy atom. The number of rotatable bonds is 6. The van der Waals surface area contributed by atoms with Crippen LogP contribution in [0.5, 0.6) is 11.5 Å². The molecule has 1 heterocycles. The summed E-state index contributed by atoms with van der Waals surface area (Å²) in [6, 6.07) is 18.2. The van der Waals surface area contributed by atoms with Crippen LogP contribution in [-0.2, 0) is 16.1 Å². The molecule has 162 valence electrons. The maximum Gasteiger partial charge on any atom is 0.363 e. The van der Waals surface area contributed by atoms with Gasteiger partial charge in [-0.3, -0.25) is 0 Å². The van der Waals surface area contributed by atoms with Gasteiger partial charge in [0.2, 0.25) is 5.90 Å². The Morgan fingerprint density at radius 1 is 1.00 bits per heavy atom. The van der Waals surface area contributed by atoms with E-state index in [1.54, 1.807) is 37.5 Å². The number of methoxy groups -OCH3 is 1. The molecule has 0 fully saturated rings. The molecular formula is C25H19Cl2NO4. The lowest BCUT2D eigenvalue weighted by atomic mass is 10.1. The summed E-state index contributed by atoms with van der Waals surface area (Å²) < 4.78 is 16.7. The highest BCUT2D eigenvalue weighted by Gasteiger charge is 2.24. The van der Waals surface area contributed by atoms with Crippen molar-refractivity contribution in [3.63, 3.8) is 0 Å². The number of hydrogen-bond donors (Lipinski definition) is 0. The van der Waals surface area contributed by atoms with E-state index in [1.807, 2.05) is 43.3 Å². The largest absolute Gasteiger partial charge is 0.493 e. The van der Waals surface area contributed by atoms with Gasteiger partial charge in [0.05, 0.1) is 7.11 Å². The minimum atomic E-state index is -0.533. The fraction of sp³-hybridized carbons (Fsp3) is 0.120. The Balaban J connectivity index is 1.55. The Morgan fingerprint density at radius 3 is 2.56 bits per heavy atom. The van der Waals surface area contributed by atoms with E-state index in [0.29, 0.717) is 39.3 Å². The highest BCUT2D eigenvalue weighted by atomic mass is 35.5. The van der Waals surface area contributed by atoms with Gasteiger partial charge in [-0.1, -0.05) is 53.5 Å². The summed E-state index contributed by atoms with van der Waals surface area (Å²) in [6.07, 6.45) is 1.63. The zero-order valence-corrected chi connectivity index (χ0v) is 18.9. The predicted octanol–water partition coefficient (Wildman–Crippen LogP) is 6.23. The first-order valence-electron chi connectivity index (χ1n) is 9.78. The smallest absolute Gasteiger partial charge is 0.363 e. The molecule has 0 spiro atoms. The van der Waals surface area contributed by atoms with Gasteiger partial charge in [-0.15, -0.1) is 0 Å². The SMILES string of the molecule is COc1cc(/C=C2\N=C(c3ccc(C)c(Cl)c3)OC2=O)ccc1OCc1ccccc1Cl. The number of cyclic esters (lactones) is 1. The van der Waals surface area contributed by atoms with Crippen LogP contribution >= 0.6 is 23.2 Å². The number of nitrogens with zero attached hydrogens (tertiary/aromatic N) is 1. The van der Waals surface area contributed by atoms with Crippen molar-refractivity contribution >= 4 is 41.1 Å². The van der Waals surface area contributed by atoms with Crippen molar-refractivity contribution in [1.29, 1.82) is 0 Å². The second kappa shape index (κ2) is 9.47. The minimum absolute atomic E-state index is 0.184. The number of esters is 1. The molecule has 3 aromatic carbocycles. The van der Waals surface area contributed by atoms with E-state index in [4.69, 9.17) is 37.4 Å². The summed E-state index contributed by atoms with van der Waals surface area (Å²) in [5, 5.41) is 1.21. The molecule has 1 aliphatic rings. The first kappa shape index (κ1) is 21.9. The van der Waals surface area contributed by atoms with Gasteiger partial charge in [-0.05, 0) is 54.5 Å². The van der Waals surface area contributed by atoms with E-state index >= 15 is 0 Å². The summed E-state index contributed by atoms with van der Waals surface area (Å²) in [5.74, 6) is 0.763.